The largest absolute Gasteiger partial charge is 0.395 e. The van der Waals surface area contributed by atoms with Crippen molar-refractivity contribution >= 4 is 44.9 Å². The molecule has 1 aromatic carbocycles. The number of benzene rings is 1. The van der Waals surface area contributed by atoms with E-state index in [9.17, 15) is 8.60 Å². The van der Waals surface area contributed by atoms with Crippen LogP contribution in [0, 0.1) is 5.82 Å². The van der Waals surface area contributed by atoms with Crippen LogP contribution in [0.25, 0.3) is 0 Å². The number of nitrogens with zero attached hydrogens (tertiary/aromatic N) is 2. The third-order valence-corrected chi connectivity index (χ3v) is 5.73. The average molecular weight is 437 g/mol. The topological polar surface area (TPSA) is 125 Å². The van der Waals surface area contributed by atoms with E-state index in [0.29, 0.717) is 23.9 Å². The second-order valence-corrected chi connectivity index (χ2v) is 7.95. The van der Waals surface area contributed by atoms with Crippen LogP contribution in [0.2, 0.25) is 5.02 Å². The standard InChI is InChI=1S/C15H22ClFN6O2S2/c16-11-5-14(27(25)23-15-21-9-22-26-15)12(17)6-13(11)20-4-2-1-3-19-10(7-18)8-24/h5-6,9-10,19-20,24H,1-4,7-8,18H2,(H,21,22,23)/t10-,27?/m0/s1. The maximum absolute atomic E-state index is 14.3. The molecule has 1 aromatic heterocycles. The molecule has 0 spiro atoms. The number of halogens is 2. The maximum atomic E-state index is 14.3. The summed E-state index contributed by atoms with van der Waals surface area (Å²) in [5.74, 6) is -0.632. The Morgan fingerprint density at radius 3 is 2.81 bits per heavy atom. The van der Waals surface area contributed by atoms with E-state index in [4.69, 9.17) is 22.4 Å². The molecule has 150 valence electrons. The fourth-order valence-corrected chi connectivity index (χ4v) is 3.90. The van der Waals surface area contributed by atoms with Crippen molar-refractivity contribution in [2.24, 2.45) is 5.73 Å². The lowest BCUT2D eigenvalue weighted by atomic mass is 10.2. The lowest BCUT2D eigenvalue weighted by Crippen LogP contribution is -2.39. The first kappa shape index (κ1) is 21.9. The zero-order chi connectivity index (χ0) is 19.6. The van der Waals surface area contributed by atoms with Crippen molar-refractivity contribution in [3.8, 4) is 0 Å². The van der Waals surface area contributed by atoms with Gasteiger partial charge in [-0.25, -0.2) is 13.6 Å². The highest BCUT2D eigenvalue weighted by atomic mass is 35.5. The van der Waals surface area contributed by atoms with Crippen LogP contribution in [0.4, 0.5) is 15.2 Å². The van der Waals surface area contributed by atoms with Gasteiger partial charge in [-0.1, -0.05) is 11.6 Å². The molecule has 0 aliphatic heterocycles. The highest BCUT2D eigenvalue weighted by Crippen LogP contribution is 2.28. The Bertz CT molecular complexity index is 733. The van der Waals surface area contributed by atoms with Gasteiger partial charge >= 0.3 is 0 Å². The fraction of sp³-hybridized carbons (Fsp3) is 0.467. The van der Waals surface area contributed by atoms with Crippen LogP contribution in [-0.4, -0.2) is 51.0 Å². The summed E-state index contributed by atoms with van der Waals surface area (Å²) in [7, 11) is -1.83. The Morgan fingerprint density at radius 1 is 1.37 bits per heavy atom. The van der Waals surface area contributed by atoms with Crippen molar-refractivity contribution in [1.29, 1.82) is 0 Å². The SMILES string of the molecule is NC[C@@H](CO)NCCCCNc1cc(F)c(S(=O)Nc2ncns2)cc1Cl. The quantitative estimate of drug-likeness (QED) is 0.320. The average Bonchev–Trinajstić information content (AvgIpc) is 3.16. The summed E-state index contributed by atoms with van der Waals surface area (Å²) in [5.41, 5.74) is 5.92. The van der Waals surface area contributed by atoms with Gasteiger partial charge in [0.25, 0.3) is 0 Å². The van der Waals surface area contributed by atoms with Gasteiger partial charge < -0.3 is 21.5 Å². The van der Waals surface area contributed by atoms with Gasteiger partial charge in [0, 0.05) is 30.7 Å². The van der Waals surface area contributed by atoms with Gasteiger partial charge in [0.05, 0.1) is 22.2 Å². The van der Waals surface area contributed by atoms with Crippen molar-refractivity contribution in [3.63, 3.8) is 0 Å². The number of hydrogen-bond donors (Lipinski definition) is 5. The summed E-state index contributed by atoms with van der Waals surface area (Å²) in [6.07, 6.45) is 2.99. The molecule has 8 nitrogen and oxygen atoms in total. The molecule has 0 aliphatic rings. The van der Waals surface area contributed by atoms with Gasteiger partial charge in [0.15, 0.2) is 11.0 Å². The van der Waals surface area contributed by atoms with Crippen molar-refractivity contribution < 1.29 is 13.7 Å². The van der Waals surface area contributed by atoms with E-state index < -0.39 is 16.8 Å². The van der Waals surface area contributed by atoms with Gasteiger partial charge in [0.1, 0.15) is 12.1 Å². The van der Waals surface area contributed by atoms with Crippen molar-refractivity contribution in [3.05, 3.63) is 29.3 Å². The molecule has 0 saturated carbocycles. The summed E-state index contributed by atoms with van der Waals surface area (Å²) in [4.78, 5) is 3.79. The van der Waals surface area contributed by atoms with E-state index in [2.05, 4.69) is 24.7 Å². The molecule has 1 unspecified atom stereocenters. The molecule has 0 amide bonds. The number of aromatic nitrogens is 2. The van der Waals surface area contributed by atoms with Crippen LogP contribution in [0.3, 0.4) is 0 Å². The Hall–Kier alpha value is -1.37. The number of aliphatic hydroxyl groups excluding tert-OH is 1. The van der Waals surface area contributed by atoms with E-state index >= 15 is 0 Å². The molecule has 1 heterocycles. The molecule has 2 atom stereocenters. The molecule has 6 N–H and O–H groups in total. The Labute approximate surface area is 168 Å². The first-order valence-electron chi connectivity index (χ1n) is 8.27. The van der Waals surface area contributed by atoms with E-state index in [1.165, 1.54) is 18.5 Å². The van der Waals surface area contributed by atoms with Gasteiger partial charge in [0.2, 0.25) is 5.13 Å². The molecule has 2 aromatic rings. The minimum absolute atomic E-state index is 0.00523. The van der Waals surface area contributed by atoms with Gasteiger partial charge in [-0.05, 0) is 31.5 Å². The lowest BCUT2D eigenvalue weighted by Gasteiger charge is -2.14. The highest BCUT2D eigenvalue weighted by molar-refractivity contribution is 7.86. The predicted molar refractivity (Wildman–Crippen MR) is 107 cm³/mol. The predicted octanol–water partition coefficient (Wildman–Crippen LogP) is 1.57. The van der Waals surface area contributed by atoms with E-state index in [1.807, 2.05) is 0 Å². The molecule has 0 fully saturated rings. The number of rotatable bonds is 12. The van der Waals surface area contributed by atoms with Crippen LogP contribution in [0.15, 0.2) is 23.4 Å². The third-order valence-electron chi connectivity index (χ3n) is 3.62. The summed E-state index contributed by atoms with van der Waals surface area (Å²) < 4.78 is 32.9. The van der Waals surface area contributed by atoms with Crippen molar-refractivity contribution in [2.75, 3.05) is 36.3 Å². The highest BCUT2D eigenvalue weighted by Gasteiger charge is 2.15. The monoisotopic (exact) mass is 436 g/mol. The number of unbranched alkanes of at least 4 members (excludes halogenated alkanes) is 1. The van der Waals surface area contributed by atoms with Crippen LogP contribution < -0.4 is 21.1 Å². The zero-order valence-corrected chi connectivity index (χ0v) is 16.8. The second-order valence-electron chi connectivity index (χ2n) is 5.58. The lowest BCUT2D eigenvalue weighted by molar-refractivity contribution is 0.245. The molecular weight excluding hydrogens is 415 g/mol. The summed E-state index contributed by atoms with van der Waals surface area (Å²) in [6, 6.07) is 2.47. The Balaban J connectivity index is 1.82. The molecule has 2 rings (SSSR count). The van der Waals surface area contributed by atoms with Crippen LogP contribution >= 0.6 is 23.1 Å². The summed E-state index contributed by atoms with van der Waals surface area (Å²) >= 11 is 7.20. The Morgan fingerprint density at radius 2 is 2.15 bits per heavy atom. The number of aliphatic hydroxyl groups is 1. The zero-order valence-electron chi connectivity index (χ0n) is 14.5. The van der Waals surface area contributed by atoms with Gasteiger partial charge in [-0.15, -0.1) is 0 Å². The number of hydrogen-bond acceptors (Lipinski definition) is 8. The third kappa shape index (κ3) is 6.94. The molecule has 12 heteroatoms. The molecule has 27 heavy (non-hydrogen) atoms. The second kappa shape index (κ2) is 11.5. The van der Waals surface area contributed by atoms with Crippen LogP contribution in [0.1, 0.15) is 12.8 Å². The van der Waals surface area contributed by atoms with E-state index in [1.54, 1.807) is 0 Å². The van der Waals surface area contributed by atoms with Crippen LogP contribution in [0.5, 0.6) is 0 Å². The van der Waals surface area contributed by atoms with E-state index in [-0.39, 0.29) is 22.6 Å². The van der Waals surface area contributed by atoms with Crippen molar-refractivity contribution in [2.45, 2.75) is 23.8 Å². The minimum Gasteiger partial charge on any atom is -0.395 e. The summed E-state index contributed by atoms with van der Waals surface area (Å²) in [6.45, 7) is 1.71. The molecule has 0 saturated heterocycles. The summed E-state index contributed by atoms with van der Waals surface area (Å²) in [5, 5.41) is 15.8. The molecule has 0 aliphatic carbocycles. The fourth-order valence-electron chi connectivity index (χ4n) is 2.16. The smallest absolute Gasteiger partial charge is 0.214 e. The number of nitrogens with one attached hydrogen (secondary N) is 3. The van der Waals surface area contributed by atoms with Gasteiger partial charge in [-0.3, -0.25) is 4.72 Å². The Kier molecular flexibility index (Phi) is 9.31. The molecule has 0 bridgehead atoms. The van der Waals surface area contributed by atoms with Crippen LogP contribution in [-0.2, 0) is 11.0 Å². The van der Waals surface area contributed by atoms with Gasteiger partial charge in [-0.2, -0.15) is 4.37 Å². The number of anilines is 2. The van der Waals surface area contributed by atoms with E-state index in [0.717, 1.165) is 30.9 Å². The maximum Gasteiger partial charge on any atom is 0.214 e. The molecule has 0 radical (unpaired) electrons. The number of nitrogens with two attached hydrogens (primary N) is 1. The minimum atomic E-state index is -1.83. The first-order chi connectivity index (χ1) is 13.0. The van der Waals surface area contributed by atoms with Crippen molar-refractivity contribution in [1.82, 2.24) is 14.7 Å². The molecular formula is C15H22ClFN6O2S2. The first-order valence-corrected chi connectivity index (χ1v) is 10.6. The normalized spacial score (nSPS) is 13.3.